The molecule has 35 heavy (non-hydrogen) atoms. The Labute approximate surface area is 214 Å². The molecule has 1 fully saturated rings. The highest BCUT2D eigenvalue weighted by Gasteiger charge is 2.34. The second kappa shape index (κ2) is 11.6. The molecule has 9 heteroatoms. The van der Waals surface area contributed by atoms with Crippen LogP contribution in [0.2, 0.25) is 5.02 Å². The van der Waals surface area contributed by atoms with Gasteiger partial charge in [-0.25, -0.2) is 0 Å². The van der Waals surface area contributed by atoms with Crippen LogP contribution in [-0.2, 0) is 15.0 Å². The van der Waals surface area contributed by atoms with Gasteiger partial charge in [-0.15, -0.1) is 0 Å². The smallest absolute Gasteiger partial charge is 0.293 e. The molecule has 0 saturated carbocycles. The summed E-state index contributed by atoms with van der Waals surface area (Å²) in [7, 11) is 0. The number of halogens is 1. The third kappa shape index (κ3) is 7.19. The summed E-state index contributed by atoms with van der Waals surface area (Å²) in [6.07, 6.45) is 1.76. The normalized spacial score (nSPS) is 15.0. The van der Waals surface area contributed by atoms with E-state index in [4.69, 9.17) is 11.6 Å². The van der Waals surface area contributed by atoms with E-state index in [1.807, 2.05) is 24.3 Å². The van der Waals surface area contributed by atoms with E-state index in [0.717, 1.165) is 22.2 Å². The predicted octanol–water partition coefficient (Wildman–Crippen LogP) is 4.61. The number of carbonyl (C=O) groups excluding carboxylic acids is 4. The lowest BCUT2D eigenvalue weighted by Crippen LogP contribution is -2.38. The first-order valence-electron chi connectivity index (χ1n) is 11.2. The van der Waals surface area contributed by atoms with Crippen LogP contribution in [0.4, 0.5) is 4.79 Å². The number of amides is 4. The van der Waals surface area contributed by atoms with Crippen LogP contribution in [0.1, 0.15) is 48.7 Å². The fraction of sp³-hybridized carbons (Fsp3) is 0.308. The quantitative estimate of drug-likeness (QED) is 0.502. The molecule has 2 aromatic rings. The molecule has 2 aromatic carbocycles. The highest BCUT2D eigenvalue weighted by Crippen LogP contribution is 2.32. The maximum absolute atomic E-state index is 12.7. The van der Waals surface area contributed by atoms with Crippen LogP contribution in [0.3, 0.4) is 0 Å². The van der Waals surface area contributed by atoms with Gasteiger partial charge in [0.1, 0.15) is 0 Å². The van der Waals surface area contributed by atoms with Crippen molar-refractivity contribution in [2.75, 3.05) is 19.6 Å². The molecule has 0 aromatic heterocycles. The Hall–Kier alpha value is -3.10. The number of hydrogen-bond donors (Lipinski definition) is 2. The van der Waals surface area contributed by atoms with E-state index < -0.39 is 0 Å². The molecule has 0 spiro atoms. The van der Waals surface area contributed by atoms with Crippen molar-refractivity contribution < 1.29 is 19.2 Å². The van der Waals surface area contributed by atoms with Crippen molar-refractivity contribution in [2.45, 2.75) is 32.6 Å². The van der Waals surface area contributed by atoms with Crippen molar-refractivity contribution in [1.29, 1.82) is 0 Å². The molecule has 0 bridgehead atoms. The Morgan fingerprint density at radius 3 is 2.34 bits per heavy atom. The summed E-state index contributed by atoms with van der Waals surface area (Å²) in [5, 5.41) is 5.28. The average molecular weight is 514 g/mol. The molecule has 1 aliphatic heterocycles. The lowest BCUT2D eigenvalue weighted by Gasteiger charge is -2.18. The van der Waals surface area contributed by atoms with Gasteiger partial charge in [0.05, 0.1) is 15.5 Å². The van der Waals surface area contributed by atoms with Crippen LogP contribution in [0.25, 0.3) is 6.08 Å². The third-order valence-electron chi connectivity index (χ3n) is 5.36. The summed E-state index contributed by atoms with van der Waals surface area (Å²) >= 11 is 6.88. The van der Waals surface area contributed by atoms with Crippen molar-refractivity contribution >= 4 is 52.4 Å². The van der Waals surface area contributed by atoms with E-state index in [-0.39, 0.29) is 54.4 Å². The Kier molecular flexibility index (Phi) is 8.75. The fourth-order valence-electron chi connectivity index (χ4n) is 3.35. The molecule has 1 saturated heterocycles. The monoisotopic (exact) mass is 513 g/mol. The molecule has 0 unspecified atom stereocenters. The second-order valence-corrected chi connectivity index (χ2v) is 10.4. The number of imide groups is 1. The van der Waals surface area contributed by atoms with Crippen LogP contribution in [-0.4, -0.2) is 47.5 Å². The van der Waals surface area contributed by atoms with Crippen LogP contribution in [0, 0.1) is 0 Å². The average Bonchev–Trinajstić information content (AvgIpc) is 3.06. The van der Waals surface area contributed by atoms with Crippen molar-refractivity contribution in [3.8, 4) is 0 Å². The molecule has 2 N–H and O–H groups in total. The molecular weight excluding hydrogens is 486 g/mol. The van der Waals surface area contributed by atoms with Crippen LogP contribution in [0.15, 0.2) is 53.4 Å². The van der Waals surface area contributed by atoms with E-state index in [1.165, 1.54) is 5.56 Å². The van der Waals surface area contributed by atoms with E-state index in [1.54, 1.807) is 30.3 Å². The standard InChI is InChI=1S/C26H28ClN3O4S/c1-26(2,3)18-10-8-17(9-11-18)16-21-24(33)30(25(34)35-21)15-14-28-22(31)12-13-29-23(32)19-6-4-5-7-20(19)27/h4-11,16H,12-15H2,1-3H3,(H,28,31)(H,29,32)/b21-16+. The van der Waals surface area contributed by atoms with Gasteiger partial charge in [-0.3, -0.25) is 24.1 Å². The second-order valence-electron chi connectivity index (χ2n) is 9.04. The zero-order valence-electron chi connectivity index (χ0n) is 19.9. The Morgan fingerprint density at radius 1 is 1.00 bits per heavy atom. The molecule has 1 aliphatic rings. The molecule has 0 atom stereocenters. The van der Waals surface area contributed by atoms with Gasteiger partial charge in [-0.05, 0) is 46.5 Å². The minimum absolute atomic E-state index is 0.0298. The van der Waals surface area contributed by atoms with E-state index in [0.29, 0.717) is 15.5 Å². The molecule has 7 nitrogen and oxygen atoms in total. The third-order valence-corrected chi connectivity index (χ3v) is 6.60. The minimum Gasteiger partial charge on any atom is -0.354 e. The topological polar surface area (TPSA) is 95.6 Å². The molecule has 184 valence electrons. The van der Waals surface area contributed by atoms with Gasteiger partial charge in [-0.2, -0.15) is 0 Å². The number of nitrogens with zero attached hydrogens (tertiary/aromatic N) is 1. The Bertz CT molecular complexity index is 1160. The Morgan fingerprint density at radius 2 is 1.69 bits per heavy atom. The van der Waals surface area contributed by atoms with Gasteiger partial charge in [-0.1, -0.05) is 68.8 Å². The lowest BCUT2D eigenvalue weighted by atomic mass is 9.87. The lowest BCUT2D eigenvalue weighted by molar-refractivity contribution is -0.124. The summed E-state index contributed by atoms with van der Waals surface area (Å²) in [6, 6.07) is 14.5. The highest BCUT2D eigenvalue weighted by atomic mass is 35.5. The summed E-state index contributed by atoms with van der Waals surface area (Å²) in [5.74, 6) is -1.03. The summed E-state index contributed by atoms with van der Waals surface area (Å²) in [4.78, 5) is 50.7. The van der Waals surface area contributed by atoms with Crippen molar-refractivity contribution in [3.05, 3.63) is 75.1 Å². The zero-order chi connectivity index (χ0) is 25.6. The first-order chi connectivity index (χ1) is 16.6. The fourth-order valence-corrected chi connectivity index (χ4v) is 4.44. The molecule has 1 heterocycles. The summed E-state index contributed by atoms with van der Waals surface area (Å²) in [5.41, 5.74) is 2.40. The predicted molar refractivity (Wildman–Crippen MR) is 139 cm³/mol. The SMILES string of the molecule is CC(C)(C)c1ccc(/C=C2/SC(=O)N(CCNC(=O)CCNC(=O)c3ccccc3Cl)C2=O)cc1. The van der Waals surface area contributed by atoms with Crippen LogP contribution < -0.4 is 10.6 Å². The van der Waals surface area contributed by atoms with Crippen molar-refractivity contribution in [3.63, 3.8) is 0 Å². The van der Waals surface area contributed by atoms with Crippen LogP contribution >= 0.6 is 23.4 Å². The van der Waals surface area contributed by atoms with Gasteiger partial charge >= 0.3 is 0 Å². The van der Waals surface area contributed by atoms with Gasteiger partial charge in [0.25, 0.3) is 17.1 Å². The molecule has 0 radical (unpaired) electrons. The molecule has 0 aliphatic carbocycles. The first-order valence-corrected chi connectivity index (χ1v) is 12.4. The summed E-state index contributed by atoms with van der Waals surface area (Å²) < 4.78 is 0. The van der Waals surface area contributed by atoms with E-state index in [2.05, 4.69) is 31.4 Å². The van der Waals surface area contributed by atoms with Gasteiger partial charge in [0.15, 0.2) is 0 Å². The molecule has 4 amide bonds. The number of rotatable bonds is 8. The number of nitrogens with one attached hydrogen (secondary N) is 2. The van der Waals surface area contributed by atoms with Crippen LogP contribution in [0.5, 0.6) is 0 Å². The number of thioether (sulfide) groups is 1. The maximum Gasteiger partial charge on any atom is 0.293 e. The van der Waals surface area contributed by atoms with Gasteiger partial charge < -0.3 is 10.6 Å². The van der Waals surface area contributed by atoms with E-state index in [9.17, 15) is 19.2 Å². The number of benzene rings is 2. The first kappa shape index (κ1) is 26.5. The Balaban J connectivity index is 1.44. The van der Waals surface area contributed by atoms with Crippen molar-refractivity contribution in [1.82, 2.24) is 15.5 Å². The maximum atomic E-state index is 12.7. The summed E-state index contributed by atoms with van der Waals surface area (Å²) in [6.45, 7) is 6.72. The van der Waals surface area contributed by atoms with Crippen molar-refractivity contribution in [2.24, 2.45) is 0 Å². The van der Waals surface area contributed by atoms with Gasteiger partial charge in [0, 0.05) is 26.1 Å². The number of carbonyl (C=O) groups is 4. The number of hydrogen-bond acceptors (Lipinski definition) is 5. The molecule has 3 rings (SSSR count). The largest absolute Gasteiger partial charge is 0.354 e. The van der Waals surface area contributed by atoms with E-state index >= 15 is 0 Å². The minimum atomic E-state index is -0.374. The molecular formula is C26H28ClN3O4S. The highest BCUT2D eigenvalue weighted by molar-refractivity contribution is 8.18. The van der Waals surface area contributed by atoms with Gasteiger partial charge in [0.2, 0.25) is 5.91 Å². The zero-order valence-corrected chi connectivity index (χ0v) is 21.5.